The molecule has 0 spiro atoms. The van der Waals surface area contributed by atoms with E-state index in [0.717, 1.165) is 29.7 Å². The Balaban J connectivity index is 1.30. The van der Waals surface area contributed by atoms with Crippen LogP contribution in [0, 0.1) is 0 Å². The normalized spacial score (nSPS) is 26.4. The highest BCUT2D eigenvalue weighted by atomic mass is 35.5. The van der Waals surface area contributed by atoms with Crippen LogP contribution in [0.5, 0.6) is 0 Å². The second-order valence-corrected chi connectivity index (χ2v) is 11.1. The lowest BCUT2D eigenvalue weighted by molar-refractivity contribution is -0.136. The van der Waals surface area contributed by atoms with Crippen LogP contribution in [0.4, 0.5) is 0 Å². The molecule has 34 heavy (non-hydrogen) atoms. The molecular formula is C24H25Cl2N3O4S. The summed E-state index contributed by atoms with van der Waals surface area (Å²) in [5, 5.41) is 2.89. The van der Waals surface area contributed by atoms with Crippen molar-refractivity contribution < 1.29 is 19.1 Å². The first-order chi connectivity index (χ1) is 16.4. The number of fused-ring (bicyclic) bond motifs is 1. The lowest BCUT2D eigenvalue weighted by Gasteiger charge is -2.45. The van der Waals surface area contributed by atoms with Crippen molar-refractivity contribution in [2.45, 2.75) is 55.2 Å². The molecule has 3 aliphatic rings. The molecular weight excluding hydrogens is 497 g/mol. The quantitative estimate of drug-likeness (QED) is 0.460. The summed E-state index contributed by atoms with van der Waals surface area (Å²) in [5.74, 6) is -0.381. The number of Topliss-reactive ketones (excluding diaryl/α,β-unsaturated/α-hetero) is 2. The van der Waals surface area contributed by atoms with Gasteiger partial charge in [-0.2, -0.15) is 0 Å². The van der Waals surface area contributed by atoms with Crippen LogP contribution in [0.1, 0.15) is 41.8 Å². The highest BCUT2D eigenvalue weighted by Crippen LogP contribution is 2.42. The minimum atomic E-state index is -0.795. The van der Waals surface area contributed by atoms with Crippen molar-refractivity contribution >= 4 is 52.0 Å². The Labute approximate surface area is 211 Å². The summed E-state index contributed by atoms with van der Waals surface area (Å²) in [6.07, 6.45) is 5.46. The number of ether oxygens (including phenoxy) is 1. The summed E-state index contributed by atoms with van der Waals surface area (Å²) < 4.78 is 5.63. The van der Waals surface area contributed by atoms with E-state index in [4.69, 9.17) is 27.9 Å². The van der Waals surface area contributed by atoms with E-state index in [1.54, 1.807) is 18.3 Å². The van der Waals surface area contributed by atoms with Crippen LogP contribution in [-0.4, -0.2) is 70.1 Å². The van der Waals surface area contributed by atoms with Gasteiger partial charge in [0.2, 0.25) is 0 Å². The summed E-state index contributed by atoms with van der Waals surface area (Å²) in [5.41, 5.74) is 0.0742. The highest BCUT2D eigenvalue weighted by Gasteiger charge is 2.58. The Morgan fingerprint density at radius 2 is 2.00 bits per heavy atom. The van der Waals surface area contributed by atoms with Crippen molar-refractivity contribution in [3.63, 3.8) is 0 Å². The maximum atomic E-state index is 13.6. The minimum Gasteiger partial charge on any atom is -0.367 e. The predicted octanol–water partition coefficient (Wildman–Crippen LogP) is 3.72. The minimum absolute atomic E-state index is 0.0160. The topological polar surface area (TPSA) is 88.6 Å². The number of rotatable bonds is 6. The molecule has 0 bridgehead atoms. The van der Waals surface area contributed by atoms with Gasteiger partial charge in [0.25, 0.3) is 5.91 Å². The number of alkyl halides is 1. The Kier molecular flexibility index (Phi) is 6.79. The lowest BCUT2D eigenvalue weighted by atomic mass is 9.76. The van der Waals surface area contributed by atoms with E-state index in [1.807, 2.05) is 17.0 Å². The molecule has 0 radical (unpaired) electrons. The van der Waals surface area contributed by atoms with Gasteiger partial charge in [0, 0.05) is 23.2 Å². The number of halogens is 2. The standard InChI is InChI=1S/C24H25Cl2N3O4S/c25-15-12-29(21-16(30)13-33-22(15)21)24(8-2-1-3-9-24)19(31)11-28-23(32)18-6-5-17(34-18)14-4-7-20(26)27-10-14/h4-7,10,15,21-22H,1-3,8-9,11-13H2,(H,28,32)/t15-,21+,22+/m0/s1. The number of carbonyl (C=O) groups excluding carboxylic acids is 3. The van der Waals surface area contributed by atoms with Crippen LogP contribution >= 0.6 is 34.5 Å². The average molecular weight is 522 g/mol. The van der Waals surface area contributed by atoms with E-state index < -0.39 is 11.6 Å². The van der Waals surface area contributed by atoms with Crippen LogP contribution in [0.2, 0.25) is 5.15 Å². The maximum absolute atomic E-state index is 13.6. The number of ketones is 2. The smallest absolute Gasteiger partial charge is 0.261 e. The van der Waals surface area contributed by atoms with Crippen LogP contribution in [0.15, 0.2) is 30.5 Å². The second kappa shape index (κ2) is 9.66. The van der Waals surface area contributed by atoms with Crippen molar-refractivity contribution in [3.05, 3.63) is 40.5 Å². The van der Waals surface area contributed by atoms with E-state index in [0.29, 0.717) is 29.4 Å². The molecule has 4 heterocycles. The van der Waals surface area contributed by atoms with Gasteiger partial charge in [-0.3, -0.25) is 19.3 Å². The summed E-state index contributed by atoms with van der Waals surface area (Å²) in [6.45, 7) is 0.385. The molecule has 0 aromatic carbocycles. The summed E-state index contributed by atoms with van der Waals surface area (Å²) in [6, 6.07) is 6.66. The van der Waals surface area contributed by atoms with Crippen molar-refractivity contribution in [1.29, 1.82) is 0 Å². The third-order valence-corrected chi connectivity index (χ3v) is 8.87. The van der Waals surface area contributed by atoms with E-state index in [2.05, 4.69) is 10.3 Å². The van der Waals surface area contributed by atoms with Crippen molar-refractivity contribution in [2.75, 3.05) is 19.7 Å². The molecule has 2 aromatic rings. The summed E-state index contributed by atoms with van der Waals surface area (Å²) in [4.78, 5) is 46.5. The number of carbonyl (C=O) groups is 3. The Morgan fingerprint density at radius 1 is 1.21 bits per heavy atom. The van der Waals surface area contributed by atoms with Gasteiger partial charge in [0.05, 0.1) is 28.4 Å². The van der Waals surface area contributed by atoms with Crippen molar-refractivity contribution in [3.8, 4) is 10.4 Å². The monoisotopic (exact) mass is 521 g/mol. The highest BCUT2D eigenvalue weighted by molar-refractivity contribution is 7.17. The van der Waals surface area contributed by atoms with Gasteiger partial charge in [-0.25, -0.2) is 4.98 Å². The number of amides is 1. The molecule has 2 aliphatic heterocycles. The number of nitrogens with one attached hydrogen (secondary N) is 1. The molecule has 3 fully saturated rings. The maximum Gasteiger partial charge on any atom is 0.261 e. The fourth-order valence-electron chi connectivity index (χ4n) is 5.45. The number of thiophene rings is 1. The van der Waals surface area contributed by atoms with Gasteiger partial charge in [-0.05, 0) is 37.1 Å². The van der Waals surface area contributed by atoms with Gasteiger partial charge in [0.15, 0.2) is 11.6 Å². The van der Waals surface area contributed by atoms with E-state index in [1.165, 1.54) is 11.3 Å². The van der Waals surface area contributed by atoms with Crippen molar-refractivity contribution in [2.24, 2.45) is 0 Å². The fraction of sp³-hybridized carbons (Fsp3) is 0.500. The summed E-state index contributed by atoms with van der Waals surface area (Å²) in [7, 11) is 0. The first kappa shape index (κ1) is 23.9. The van der Waals surface area contributed by atoms with Gasteiger partial charge >= 0.3 is 0 Å². The zero-order chi connectivity index (χ0) is 23.9. The second-order valence-electron chi connectivity index (χ2n) is 9.09. The van der Waals surface area contributed by atoms with E-state index >= 15 is 0 Å². The fourth-order valence-corrected chi connectivity index (χ4v) is 6.83. The Morgan fingerprint density at radius 3 is 2.74 bits per heavy atom. The zero-order valence-electron chi connectivity index (χ0n) is 18.5. The van der Waals surface area contributed by atoms with Crippen molar-refractivity contribution in [1.82, 2.24) is 15.2 Å². The Hall–Kier alpha value is -1.84. The molecule has 2 aromatic heterocycles. The van der Waals surface area contributed by atoms with E-state index in [-0.39, 0.29) is 42.1 Å². The van der Waals surface area contributed by atoms with E-state index in [9.17, 15) is 14.4 Å². The van der Waals surface area contributed by atoms with Crippen LogP contribution < -0.4 is 5.32 Å². The number of nitrogens with zero attached hydrogens (tertiary/aromatic N) is 2. The van der Waals surface area contributed by atoms with Gasteiger partial charge < -0.3 is 10.1 Å². The van der Waals surface area contributed by atoms with Crippen LogP contribution in [0.3, 0.4) is 0 Å². The third-order valence-electron chi connectivity index (χ3n) is 7.12. The zero-order valence-corrected chi connectivity index (χ0v) is 20.8. The number of aromatic nitrogens is 1. The predicted molar refractivity (Wildman–Crippen MR) is 131 cm³/mol. The molecule has 5 rings (SSSR count). The molecule has 180 valence electrons. The third kappa shape index (κ3) is 4.31. The molecule has 1 N–H and O–H groups in total. The molecule has 7 nitrogen and oxygen atoms in total. The molecule has 3 atom stereocenters. The molecule has 1 aliphatic carbocycles. The van der Waals surface area contributed by atoms with Gasteiger partial charge in [0.1, 0.15) is 17.8 Å². The molecule has 0 unspecified atom stereocenters. The Bertz CT molecular complexity index is 1100. The van der Waals surface area contributed by atoms with Gasteiger partial charge in [-0.15, -0.1) is 22.9 Å². The molecule has 1 saturated carbocycles. The average Bonchev–Trinajstić information content (AvgIpc) is 3.56. The van der Waals surface area contributed by atoms with Crippen LogP contribution in [-0.2, 0) is 14.3 Å². The number of hydrogen-bond acceptors (Lipinski definition) is 7. The largest absolute Gasteiger partial charge is 0.367 e. The first-order valence-corrected chi connectivity index (χ1v) is 13.1. The molecule has 1 amide bonds. The summed E-state index contributed by atoms with van der Waals surface area (Å²) >= 11 is 13.7. The SMILES string of the molecule is O=C(NCC(=O)C1(N2C[C@H](Cl)[C@H]3OCC(=O)[C@H]32)CCCCC1)c1ccc(-c2ccc(Cl)nc2)s1. The lowest BCUT2D eigenvalue weighted by Crippen LogP contribution is -2.61. The number of likely N-dealkylation sites (tertiary alicyclic amines) is 1. The first-order valence-electron chi connectivity index (χ1n) is 11.5. The molecule has 10 heteroatoms. The number of pyridine rings is 1. The molecule has 2 saturated heterocycles. The van der Waals surface area contributed by atoms with Gasteiger partial charge in [-0.1, -0.05) is 30.9 Å². The van der Waals surface area contributed by atoms with Crippen LogP contribution in [0.25, 0.3) is 10.4 Å². The number of hydrogen-bond donors (Lipinski definition) is 1.